The van der Waals surface area contributed by atoms with E-state index >= 15 is 0 Å². The van der Waals surface area contributed by atoms with Crippen LogP contribution in [-0.2, 0) is 17.8 Å². The van der Waals surface area contributed by atoms with Crippen LogP contribution >= 0.6 is 0 Å². The molecule has 5 nitrogen and oxygen atoms in total. The Hall–Kier alpha value is -4.38. The normalized spacial score (nSPS) is 10.9. The number of anilines is 1. The summed E-state index contributed by atoms with van der Waals surface area (Å²) in [6.07, 6.45) is 2.20. The molecule has 2 heterocycles. The number of carbonyl (C=O) groups excluding carboxylic acids is 1. The Balaban J connectivity index is 1.51. The van der Waals surface area contributed by atoms with Crippen molar-refractivity contribution in [2.24, 2.45) is 0 Å². The highest BCUT2D eigenvalue weighted by atomic mass is 16.5. The van der Waals surface area contributed by atoms with Crippen LogP contribution in [0.3, 0.4) is 0 Å². The van der Waals surface area contributed by atoms with Crippen molar-refractivity contribution in [2.45, 2.75) is 19.9 Å². The van der Waals surface area contributed by atoms with E-state index in [4.69, 9.17) is 9.72 Å². The molecule has 3 aromatic carbocycles. The second-order valence-corrected chi connectivity index (χ2v) is 8.17. The molecule has 34 heavy (non-hydrogen) atoms. The van der Waals surface area contributed by atoms with Crippen molar-refractivity contribution >= 4 is 17.4 Å². The van der Waals surface area contributed by atoms with Gasteiger partial charge in [0, 0.05) is 18.3 Å². The summed E-state index contributed by atoms with van der Waals surface area (Å²) >= 11 is 0. The number of carbonyl (C=O) groups is 1. The first-order valence-corrected chi connectivity index (χ1v) is 11.3. The summed E-state index contributed by atoms with van der Waals surface area (Å²) in [5.74, 6) is 1.04. The van der Waals surface area contributed by atoms with Crippen LogP contribution in [-0.4, -0.2) is 15.4 Å². The van der Waals surface area contributed by atoms with Crippen molar-refractivity contribution < 1.29 is 9.53 Å². The molecule has 0 atom stereocenters. The molecule has 0 unspecified atom stereocenters. The van der Waals surface area contributed by atoms with Gasteiger partial charge in [-0.25, -0.2) is 4.98 Å². The minimum atomic E-state index is -0.308. The summed E-state index contributed by atoms with van der Waals surface area (Å²) < 4.78 is 7.88. The van der Waals surface area contributed by atoms with Crippen molar-refractivity contribution in [1.29, 1.82) is 0 Å². The summed E-state index contributed by atoms with van der Waals surface area (Å²) in [4.78, 5) is 17.7. The summed E-state index contributed by atoms with van der Waals surface area (Å²) in [5.41, 5.74) is 5.52. The Bertz CT molecular complexity index is 1430. The molecule has 0 saturated heterocycles. The van der Waals surface area contributed by atoms with Crippen LogP contribution in [0, 0.1) is 6.92 Å². The Labute approximate surface area is 198 Å². The van der Waals surface area contributed by atoms with Gasteiger partial charge in [-0.05, 0) is 41.8 Å². The second kappa shape index (κ2) is 9.63. The molecule has 5 aromatic rings. The first kappa shape index (κ1) is 21.5. The van der Waals surface area contributed by atoms with Gasteiger partial charge in [-0.1, -0.05) is 78.9 Å². The molecule has 5 heteroatoms. The summed E-state index contributed by atoms with van der Waals surface area (Å²) in [6, 6.07) is 31.4. The molecule has 0 aliphatic rings. The number of aromatic nitrogens is 2. The topological polar surface area (TPSA) is 55.6 Å². The molecular weight excluding hydrogens is 422 g/mol. The fraction of sp³-hybridized carbons (Fsp3) is 0.103. The number of esters is 1. The molecule has 5 rings (SSSR count). The molecule has 0 amide bonds. The van der Waals surface area contributed by atoms with E-state index in [1.165, 1.54) is 5.56 Å². The van der Waals surface area contributed by atoms with E-state index in [0.717, 1.165) is 33.8 Å². The molecule has 1 N–H and O–H groups in total. The van der Waals surface area contributed by atoms with E-state index in [0.29, 0.717) is 12.3 Å². The lowest BCUT2D eigenvalue weighted by molar-refractivity contribution is -0.133. The van der Waals surface area contributed by atoms with E-state index in [-0.39, 0.29) is 12.4 Å². The van der Waals surface area contributed by atoms with Crippen LogP contribution in [0.15, 0.2) is 103 Å². The molecule has 168 valence electrons. The molecule has 0 fully saturated rings. The minimum absolute atomic E-state index is 0.207. The number of rotatable bonds is 7. The molecule has 0 spiro atoms. The predicted molar refractivity (Wildman–Crippen MR) is 135 cm³/mol. The SMILES string of the molecule is Cc1cccn2c(NCc3ccccc3)c(-c3ccccc3OC(=O)Cc3ccccc3)nc12. The number of para-hydroxylation sites is 1. The highest BCUT2D eigenvalue weighted by molar-refractivity contribution is 5.84. The minimum Gasteiger partial charge on any atom is -0.426 e. The smallest absolute Gasteiger partial charge is 0.315 e. The van der Waals surface area contributed by atoms with Crippen LogP contribution in [0.25, 0.3) is 16.9 Å². The van der Waals surface area contributed by atoms with Gasteiger partial charge >= 0.3 is 5.97 Å². The number of imidazole rings is 1. The van der Waals surface area contributed by atoms with Gasteiger partial charge in [0.2, 0.25) is 0 Å². The van der Waals surface area contributed by atoms with Crippen molar-refractivity contribution in [3.63, 3.8) is 0 Å². The van der Waals surface area contributed by atoms with E-state index in [1.54, 1.807) is 0 Å². The van der Waals surface area contributed by atoms with Crippen LogP contribution in [0.1, 0.15) is 16.7 Å². The quantitative estimate of drug-likeness (QED) is 0.243. The van der Waals surface area contributed by atoms with Crippen LogP contribution in [0.5, 0.6) is 5.75 Å². The number of aryl methyl sites for hydroxylation is 1. The maximum Gasteiger partial charge on any atom is 0.315 e. The van der Waals surface area contributed by atoms with Gasteiger partial charge in [0.1, 0.15) is 22.9 Å². The standard InChI is InChI=1S/C29H25N3O2/c1-21-11-10-18-32-28(21)31-27(29(32)30-20-23-14-6-3-7-15-23)24-16-8-9-17-25(24)34-26(33)19-22-12-4-2-5-13-22/h2-18,30H,19-20H2,1H3. The summed E-state index contributed by atoms with van der Waals surface area (Å²) in [6.45, 7) is 2.68. The third kappa shape index (κ3) is 4.55. The van der Waals surface area contributed by atoms with Crippen molar-refractivity contribution in [3.05, 3.63) is 120 Å². The molecule has 2 aromatic heterocycles. The molecule has 0 radical (unpaired) electrons. The number of pyridine rings is 1. The van der Waals surface area contributed by atoms with Gasteiger partial charge in [-0.2, -0.15) is 0 Å². The Morgan fingerprint density at radius 2 is 1.53 bits per heavy atom. The van der Waals surface area contributed by atoms with E-state index < -0.39 is 0 Å². The van der Waals surface area contributed by atoms with E-state index in [2.05, 4.69) is 21.9 Å². The zero-order valence-electron chi connectivity index (χ0n) is 18.9. The second-order valence-electron chi connectivity index (χ2n) is 8.17. The first-order valence-electron chi connectivity index (χ1n) is 11.3. The van der Waals surface area contributed by atoms with E-state index in [1.807, 2.05) is 98.0 Å². The lowest BCUT2D eigenvalue weighted by Gasteiger charge is -2.12. The lowest BCUT2D eigenvalue weighted by Crippen LogP contribution is -2.12. The van der Waals surface area contributed by atoms with Crippen LogP contribution in [0.2, 0.25) is 0 Å². The highest BCUT2D eigenvalue weighted by Gasteiger charge is 2.20. The third-order valence-electron chi connectivity index (χ3n) is 5.71. The van der Waals surface area contributed by atoms with Crippen LogP contribution < -0.4 is 10.1 Å². The van der Waals surface area contributed by atoms with Crippen molar-refractivity contribution in [1.82, 2.24) is 9.38 Å². The zero-order valence-corrected chi connectivity index (χ0v) is 18.9. The van der Waals surface area contributed by atoms with Gasteiger partial charge in [0.25, 0.3) is 0 Å². The monoisotopic (exact) mass is 447 g/mol. The Morgan fingerprint density at radius 1 is 0.853 bits per heavy atom. The first-order chi connectivity index (χ1) is 16.7. The van der Waals surface area contributed by atoms with Crippen molar-refractivity contribution in [3.8, 4) is 17.0 Å². The molecule has 0 saturated carbocycles. The van der Waals surface area contributed by atoms with Crippen LogP contribution in [0.4, 0.5) is 5.82 Å². The fourth-order valence-corrected chi connectivity index (χ4v) is 4.01. The van der Waals surface area contributed by atoms with Gasteiger partial charge in [0.15, 0.2) is 0 Å². The number of benzene rings is 3. The average Bonchev–Trinajstić information content (AvgIpc) is 3.24. The largest absolute Gasteiger partial charge is 0.426 e. The lowest BCUT2D eigenvalue weighted by atomic mass is 10.1. The van der Waals surface area contributed by atoms with Crippen molar-refractivity contribution in [2.75, 3.05) is 5.32 Å². The van der Waals surface area contributed by atoms with Gasteiger partial charge < -0.3 is 10.1 Å². The molecule has 0 aliphatic carbocycles. The Morgan fingerprint density at radius 3 is 2.29 bits per heavy atom. The van der Waals surface area contributed by atoms with Gasteiger partial charge in [0.05, 0.1) is 6.42 Å². The predicted octanol–water partition coefficient (Wildman–Crippen LogP) is 6.07. The third-order valence-corrected chi connectivity index (χ3v) is 5.71. The maximum absolute atomic E-state index is 12.7. The number of ether oxygens (including phenoxy) is 1. The van der Waals surface area contributed by atoms with Gasteiger partial charge in [-0.3, -0.25) is 9.20 Å². The molecule has 0 bridgehead atoms. The Kier molecular flexibility index (Phi) is 6.08. The average molecular weight is 448 g/mol. The number of nitrogens with zero attached hydrogens (tertiary/aromatic N) is 2. The van der Waals surface area contributed by atoms with E-state index in [9.17, 15) is 4.79 Å². The molecular formula is C29H25N3O2. The highest BCUT2D eigenvalue weighted by Crippen LogP contribution is 2.36. The number of nitrogens with one attached hydrogen (secondary N) is 1. The number of hydrogen-bond donors (Lipinski definition) is 1. The van der Waals surface area contributed by atoms with Gasteiger partial charge in [-0.15, -0.1) is 0 Å². The summed E-state index contributed by atoms with van der Waals surface area (Å²) in [5, 5.41) is 3.56. The summed E-state index contributed by atoms with van der Waals surface area (Å²) in [7, 11) is 0. The number of hydrogen-bond acceptors (Lipinski definition) is 4. The number of fused-ring (bicyclic) bond motifs is 1. The maximum atomic E-state index is 12.7. The fourth-order valence-electron chi connectivity index (χ4n) is 4.01. The molecule has 0 aliphatic heterocycles. The zero-order chi connectivity index (χ0) is 23.3.